The van der Waals surface area contributed by atoms with E-state index >= 15 is 0 Å². The highest BCUT2D eigenvalue weighted by Crippen LogP contribution is 2.13. The molecule has 3 rings (SSSR count). The Kier molecular flexibility index (Phi) is 3.13. The van der Waals surface area contributed by atoms with E-state index in [0.29, 0.717) is 18.9 Å². The number of morpholine rings is 1. The van der Waals surface area contributed by atoms with Crippen molar-refractivity contribution in [1.82, 2.24) is 24.5 Å². The monoisotopic (exact) mass is 275 g/mol. The SMILES string of the molecule is Cc1ccnc2nc(C(=O)N3CC(C)OC(C)C3)nn12. The van der Waals surface area contributed by atoms with Crippen molar-refractivity contribution in [3.63, 3.8) is 0 Å². The van der Waals surface area contributed by atoms with Gasteiger partial charge in [0.2, 0.25) is 5.82 Å². The standard InChI is InChI=1S/C13H17N5O2/c1-8-4-5-14-13-15-11(16-18(8)13)12(19)17-6-9(2)20-10(3)7-17/h4-5,9-10H,6-7H2,1-3H3. The summed E-state index contributed by atoms with van der Waals surface area (Å²) in [6.07, 6.45) is 1.71. The fourth-order valence-corrected chi connectivity index (χ4v) is 2.48. The summed E-state index contributed by atoms with van der Waals surface area (Å²) in [4.78, 5) is 22.5. The lowest BCUT2D eigenvalue weighted by Crippen LogP contribution is -2.48. The van der Waals surface area contributed by atoms with Gasteiger partial charge in [-0.05, 0) is 26.8 Å². The van der Waals surface area contributed by atoms with Crippen molar-refractivity contribution in [2.75, 3.05) is 13.1 Å². The van der Waals surface area contributed by atoms with E-state index in [1.165, 1.54) is 0 Å². The number of carbonyl (C=O) groups excluding carboxylic acids is 1. The Morgan fingerprint density at radius 1 is 1.35 bits per heavy atom. The van der Waals surface area contributed by atoms with E-state index < -0.39 is 0 Å². The predicted octanol–water partition coefficient (Wildman–Crippen LogP) is 0.682. The molecule has 1 saturated heterocycles. The Labute approximate surface area is 116 Å². The normalized spacial score (nSPS) is 23.2. The summed E-state index contributed by atoms with van der Waals surface area (Å²) >= 11 is 0. The maximum Gasteiger partial charge on any atom is 0.293 e. The number of carbonyl (C=O) groups is 1. The van der Waals surface area contributed by atoms with E-state index in [1.807, 2.05) is 26.8 Å². The van der Waals surface area contributed by atoms with Crippen molar-refractivity contribution >= 4 is 11.7 Å². The quantitative estimate of drug-likeness (QED) is 0.765. The topological polar surface area (TPSA) is 72.6 Å². The molecule has 0 aliphatic carbocycles. The maximum absolute atomic E-state index is 12.5. The highest BCUT2D eigenvalue weighted by atomic mass is 16.5. The molecule has 7 heteroatoms. The van der Waals surface area contributed by atoms with Crippen LogP contribution in [0.15, 0.2) is 12.3 Å². The van der Waals surface area contributed by atoms with E-state index in [1.54, 1.807) is 15.6 Å². The third-order valence-corrected chi connectivity index (χ3v) is 3.33. The van der Waals surface area contributed by atoms with Gasteiger partial charge in [-0.2, -0.15) is 4.98 Å². The molecule has 20 heavy (non-hydrogen) atoms. The number of nitrogens with zero attached hydrogens (tertiary/aromatic N) is 5. The van der Waals surface area contributed by atoms with Gasteiger partial charge in [-0.25, -0.2) is 9.50 Å². The van der Waals surface area contributed by atoms with Gasteiger partial charge >= 0.3 is 0 Å². The number of hydrogen-bond donors (Lipinski definition) is 0. The van der Waals surface area contributed by atoms with Crippen molar-refractivity contribution in [2.45, 2.75) is 33.0 Å². The van der Waals surface area contributed by atoms with Gasteiger partial charge in [-0.15, -0.1) is 5.10 Å². The molecular formula is C13H17N5O2. The van der Waals surface area contributed by atoms with Crippen LogP contribution in [0.25, 0.3) is 5.78 Å². The third kappa shape index (κ3) is 2.24. The van der Waals surface area contributed by atoms with Crippen LogP contribution in [0.2, 0.25) is 0 Å². The maximum atomic E-state index is 12.5. The minimum Gasteiger partial charge on any atom is -0.372 e. The highest BCUT2D eigenvalue weighted by molar-refractivity contribution is 5.91. The first kappa shape index (κ1) is 13.0. The second-order valence-corrected chi connectivity index (χ2v) is 5.20. The second-order valence-electron chi connectivity index (χ2n) is 5.20. The van der Waals surface area contributed by atoms with Gasteiger partial charge in [0.1, 0.15) is 0 Å². The van der Waals surface area contributed by atoms with Gasteiger partial charge in [-0.3, -0.25) is 4.79 Å². The van der Waals surface area contributed by atoms with Crippen molar-refractivity contribution in [3.8, 4) is 0 Å². The second kappa shape index (κ2) is 4.82. The summed E-state index contributed by atoms with van der Waals surface area (Å²) in [7, 11) is 0. The molecule has 3 heterocycles. The molecule has 2 aromatic rings. The fraction of sp³-hybridized carbons (Fsp3) is 0.538. The van der Waals surface area contributed by atoms with Crippen molar-refractivity contribution in [3.05, 3.63) is 23.8 Å². The van der Waals surface area contributed by atoms with Gasteiger partial charge in [0, 0.05) is 25.0 Å². The molecule has 1 aliphatic heterocycles. The van der Waals surface area contributed by atoms with Gasteiger partial charge in [-0.1, -0.05) is 0 Å². The lowest BCUT2D eigenvalue weighted by atomic mass is 10.2. The summed E-state index contributed by atoms with van der Waals surface area (Å²) in [6, 6.07) is 1.83. The number of amides is 1. The molecule has 1 fully saturated rings. The summed E-state index contributed by atoms with van der Waals surface area (Å²) in [6.45, 7) is 6.93. The zero-order valence-corrected chi connectivity index (χ0v) is 11.8. The Hall–Kier alpha value is -2.02. The van der Waals surface area contributed by atoms with Crippen LogP contribution < -0.4 is 0 Å². The number of fused-ring (bicyclic) bond motifs is 1. The van der Waals surface area contributed by atoms with Crippen LogP contribution in [0.5, 0.6) is 0 Å². The number of rotatable bonds is 1. The lowest BCUT2D eigenvalue weighted by Gasteiger charge is -2.34. The van der Waals surface area contributed by atoms with E-state index in [-0.39, 0.29) is 23.9 Å². The highest BCUT2D eigenvalue weighted by Gasteiger charge is 2.29. The molecule has 0 N–H and O–H groups in total. The molecule has 106 valence electrons. The molecular weight excluding hydrogens is 258 g/mol. The number of aromatic nitrogens is 4. The first-order chi connectivity index (χ1) is 9.54. The molecule has 0 aromatic carbocycles. The Morgan fingerprint density at radius 2 is 2.05 bits per heavy atom. The van der Waals surface area contributed by atoms with E-state index in [2.05, 4.69) is 15.1 Å². The van der Waals surface area contributed by atoms with Crippen LogP contribution in [-0.2, 0) is 4.74 Å². The number of ether oxygens (including phenoxy) is 1. The smallest absolute Gasteiger partial charge is 0.293 e. The first-order valence-corrected chi connectivity index (χ1v) is 6.67. The summed E-state index contributed by atoms with van der Waals surface area (Å²) in [5.74, 6) is 0.465. The largest absolute Gasteiger partial charge is 0.372 e. The van der Waals surface area contributed by atoms with E-state index in [0.717, 1.165) is 5.69 Å². The zero-order valence-electron chi connectivity index (χ0n) is 11.8. The van der Waals surface area contributed by atoms with Crippen LogP contribution in [-0.4, -0.2) is 55.7 Å². The Balaban J connectivity index is 1.90. The summed E-state index contributed by atoms with van der Waals surface area (Å²) in [5, 5.41) is 4.25. The van der Waals surface area contributed by atoms with Crippen LogP contribution in [0.4, 0.5) is 0 Å². The summed E-state index contributed by atoms with van der Waals surface area (Å²) in [5.41, 5.74) is 0.894. The molecule has 0 spiro atoms. The Morgan fingerprint density at radius 3 is 2.70 bits per heavy atom. The molecule has 2 unspecified atom stereocenters. The van der Waals surface area contributed by atoms with Crippen molar-refractivity contribution < 1.29 is 9.53 Å². The third-order valence-electron chi connectivity index (χ3n) is 3.33. The molecule has 0 radical (unpaired) electrons. The van der Waals surface area contributed by atoms with Gasteiger partial charge in [0.25, 0.3) is 11.7 Å². The van der Waals surface area contributed by atoms with E-state index in [9.17, 15) is 4.79 Å². The Bertz CT molecular complexity index is 643. The molecule has 0 saturated carbocycles. The fourth-order valence-electron chi connectivity index (χ4n) is 2.48. The lowest BCUT2D eigenvalue weighted by molar-refractivity contribution is -0.0588. The minimum atomic E-state index is -0.170. The van der Waals surface area contributed by atoms with Gasteiger partial charge < -0.3 is 9.64 Å². The van der Waals surface area contributed by atoms with Gasteiger partial charge in [0.15, 0.2) is 0 Å². The number of hydrogen-bond acceptors (Lipinski definition) is 5. The molecule has 7 nitrogen and oxygen atoms in total. The van der Waals surface area contributed by atoms with Crippen molar-refractivity contribution in [1.29, 1.82) is 0 Å². The van der Waals surface area contributed by atoms with Crippen LogP contribution in [0, 0.1) is 6.92 Å². The number of aryl methyl sites for hydroxylation is 1. The van der Waals surface area contributed by atoms with E-state index in [4.69, 9.17) is 4.74 Å². The van der Waals surface area contributed by atoms with Crippen LogP contribution in [0.3, 0.4) is 0 Å². The molecule has 1 amide bonds. The minimum absolute atomic E-state index is 0.0274. The van der Waals surface area contributed by atoms with Crippen LogP contribution in [0.1, 0.15) is 30.2 Å². The molecule has 2 atom stereocenters. The predicted molar refractivity (Wildman–Crippen MR) is 71.4 cm³/mol. The zero-order chi connectivity index (χ0) is 14.3. The first-order valence-electron chi connectivity index (χ1n) is 6.67. The molecule has 2 aromatic heterocycles. The van der Waals surface area contributed by atoms with Gasteiger partial charge in [0.05, 0.1) is 12.2 Å². The average Bonchev–Trinajstić information content (AvgIpc) is 2.82. The van der Waals surface area contributed by atoms with Crippen LogP contribution >= 0.6 is 0 Å². The summed E-state index contributed by atoms with van der Waals surface area (Å²) < 4.78 is 7.21. The van der Waals surface area contributed by atoms with Crippen molar-refractivity contribution in [2.24, 2.45) is 0 Å². The molecule has 0 bridgehead atoms. The molecule has 1 aliphatic rings. The average molecular weight is 275 g/mol.